The average Bonchev–Trinajstić information content (AvgIpc) is 2.27. The molecule has 1 aromatic heterocycles. The van der Waals surface area contributed by atoms with Gasteiger partial charge in [0.15, 0.2) is 0 Å². The minimum atomic E-state index is -0.458. The van der Waals surface area contributed by atoms with Gasteiger partial charge in [0.25, 0.3) is 0 Å². The maximum absolute atomic E-state index is 12.1. The maximum atomic E-state index is 12.1. The third-order valence-electron chi connectivity index (χ3n) is 2.58. The van der Waals surface area contributed by atoms with E-state index in [9.17, 15) is 4.79 Å². The summed E-state index contributed by atoms with van der Waals surface area (Å²) in [4.78, 5) is 16.2. The van der Waals surface area contributed by atoms with Crippen molar-refractivity contribution in [2.45, 2.75) is 52.8 Å². The lowest BCUT2D eigenvalue weighted by atomic mass is 10.0. The Bertz CT molecular complexity index is 396. The van der Waals surface area contributed by atoms with Crippen LogP contribution in [-0.4, -0.2) is 22.6 Å². The Kier molecular flexibility index (Phi) is 5.48. The molecule has 0 aliphatic heterocycles. The van der Waals surface area contributed by atoms with Gasteiger partial charge in [0, 0.05) is 18.9 Å². The summed E-state index contributed by atoms with van der Waals surface area (Å²) in [7, 11) is 0. The smallest absolute Gasteiger partial charge is 0.323 e. The van der Waals surface area contributed by atoms with E-state index in [1.807, 2.05) is 46.8 Å². The maximum Gasteiger partial charge on any atom is 0.323 e. The molecule has 0 amide bonds. The molecule has 0 aromatic carbocycles. The fraction of sp³-hybridized carbons (Fsp3) is 0.600. The van der Waals surface area contributed by atoms with Crippen LogP contribution in [0.1, 0.15) is 40.2 Å². The Labute approximate surface area is 115 Å². The van der Waals surface area contributed by atoms with Gasteiger partial charge in [0.1, 0.15) is 11.6 Å². The first-order chi connectivity index (χ1) is 8.79. The van der Waals surface area contributed by atoms with Gasteiger partial charge in [-0.2, -0.15) is 0 Å². The van der Waals surface area contributed by atoms with Crippen molar-refractivity contribution in [1.29, 1.82) is 0 Å². The second kappa shape index (κ2) is 6.66. The second-order valence-electron chi connectivity index (χ2n) is 6.00. The predicted octanol–water partition coefficient (Wildman–Crippen LogP) is 2.54. The lowest BCUT2D eigenvalue weighted by molar-refractivity contribution is -0.158. The van der Waals surface area contributed by atoms with Gasteiger partial charge in [-0.1, -0.05) is 19.9 Å². The molecule has 0 aliphatic carbocycles. The predicted molar refractivity (Wildman–Crippen MR) is 75.5 cm³/mol. The number of hydrogen-bond acceptors (Lipinski definition) is 4. The van der Waals surface area contributed by atoms with E-state index in [0.29, 0.717) is 6.54 Å². The van der Waals surface area contributed by atoms with Crippen LogP contribution in [0.2, 0.25) is 0 Å². The third-order valence-corrected chi connectivity index (χ3v) is 2.58. The Morgan fingerprint density at radius 3 is 2.58 bits per heavy atom. The summed E-state index contributed by atoms with van der Waals surface area (Å²) < 4.78 is 5.43. The highest BCUT2D eigenvalue weighted by Crippen LogP contribution is 2.12. The average molecular weight is 264 g/mol. The van der Waals surface area contributed by atoms with E-state index in [4.69, 9.17) is 4.74 Å². The van der Waals surface area contributed by atoms with Crippen LogP contribution in [0.25, 0.3) is 0 Å². The number of hydrogen-bond donors (Lipinski definition) is 1. The van der Waals surface area contributed by atoms with Crippen molar-refractivity contribution in [3.63, 3.8) is 0 Å². The molecule has 0 radical (unpaired) electrons. The zero-order valence-corrected chi connectivity index (χ0v) is 12.4. The first kappa shape index (κ1) is 15.6. The molecule has 0 aliphatic rings. The van der Waals surface area contributed by atoms with Crippen LogP contribution >= 0.6 is 0 Å². The third kappa shape index (κ3) is 5.83. The summed E-state index contributed by atoms with van der Waals surface area (Å²) in [5.41, 5.74) is 0.594. The SMILES string of the molecule is CC(C)C(NCc1cccnc1)C(=O)OC(C)(C)C. The number of nitrogens with zero attached hydrogens (tertiary/aromatic N) is 1. The molecule has 0 spiro atoms. The Balaban J connectivity index is 2.61. The molecule has 4 heteroatoms. The lowest BCUT2D eigenvalue weighted by Crippen LogP contribution is -2.44. The fourth-order valence-electron chi connectivity index (χ4n) is 1.69. The molecule has 0 bridgehead atoms. The zero-order chi connectivity index (χ0) is 14.5. The summed E-state index contributed by atoms with van der Waals surface area (Å²) in [6.45, 7) is 10.3. The summed E-state index contributed by atoms with van der Waals surface area (Å²) in [6.07, 6.45) is 3.52. The molecule has 1 unspecified atom stereocenters. The zero-order valence-electron chi connectivity index (χ0n) is 12.4. The molecule has 1 aromatic rings. The molecule has 106 valence electrons. The molecule has 0 saturated heterocycles. The normalized spacial score (nSPS) is 13.4. The molecule has 0 saturated carbocycles. The van der Waals surface area contributed by atoms with Crippen molar-refractivity contribution >= 4 is 5.97 Å². The van der Waals surface area contributed by atoms with Crippen molar-refractivity contribution in [3.8, 4) is 0 Å². The highest BCUT2D eigenvalue weighted by atomic mass is 16.6. The van der Waals surface area contributed by atoms with E-state index in [0.717, 1.165) is 5.56 Å². The van der Waals surface area contributed by atoms with E-state index >= 15 is 0 Å². The minimum Gasteiger partial charge on any atom is -0.459 e. The quantitative estimate of drug-likeness (QED) is 0.830. The number of aromatic nitrogens is 1. The van der Waals surface area contributed by atoms with E-state index in [2.05, 4.69) is 10.3 Å². The molecular weight excluding hydrogens is 240 g/mol. The van der Waals surface area contributed by atoms with Gasteiger partial charge in [0.2, 0.25) is 0 Å². The highest BCUT2D eigenvalue weighted by Gasteiger charge is 2.27. The van der Waals surface area contributed by atoms with Crippen LogP contribution in [0.3, 0.4) is 0 Å². The second-order valence-corrected chi connectivity index (χ2v) is 6.00. The first-order valence-corrected chi connectivity index (χ1v) is 6.65. The Morgan fingerprint density at radius 1 is 1.42 bits per heavy atom. The van der Waals surface area contributed by atoms with E-state index in [1.54, 1.807) is 12.4 Å². The van der Waals surface area contributed by atoms with Crippen molar-refractivity contribution < 1.29 is 9.53 Å². The molecule has 1 atom stereocenters. The van der Waals surface area contributed by atoms with Crippen LogP contribution in [-0.2, 0) is 16.1 Å². The van der Waals surface area contributed by atoms with E-state index < -0.39 is 5.60 Å². The summed E-state index contributed by atoms with van der Waals surface area (Å²) >= 11 is 0. The molecule has 1 rings (SSSR count). The molecule has 1 N–H and O–H groups in total. The summed E-state index contributed by atoms with van der Waals surface area (Å²) in [5.74, 6) is -0.0297. The van der Waals surface area contributed by atoms with Gasteiger partial charge in [-0.05, 0) is 38.3 Å². The van der Waals surface area contributed by atoms with Crippen molar-refractivity contribution in [2.24, 2.45) is 5.92 Å². The number of pyridine rings is 1. The first-order valence-electron chi connectivity index (χ1n) is 6.65. The molecule has 19 heavy (non-hydrogen) atoms. The summed E-state index contributed by atoms with van der Waals surface area (Å²) in [6, 6.07) is 3.56. The standard InChI is InChI=1S/C15H24N2O2/c1-11(2)13(14(18)19-15(3,4)5)17-10-12-7-6-8-16-9-12/h6-9,11,13,17H,10H2,1-5H3. The Morgan fingerprint density at radius 2 is 2.11 bits per heavy atom. The largest absolute Gasteiger partial charge is 0.459 e. The fourth-order valence-corrected chi connectivity index (χ4v) is 1.69. The van der Waals surface area contributed by atoms with Crippen LogP contribution < -0.4 is 5.32 Å². The number of carbonyl (C=O) groups excluding carboxylic acids is 1. The number of ether oxygens (including phenoxy) is 1. The molecular formula is C15H24N2O2. The molecule has 1 heterocycles. The van der Waals surface area contributed by atoms with Gasteiger partial charge in [-0.3, -0.25) is 9.78 Å². The molecule has 4 nitrogen and oxygen atoms in total. The van der Waals surface area contributed by atoms with Crippen LogP contribution in [0.4, 0.5) is 0 Å². The Hall–Kier alpha value is -1.42. The topological polar surface area (TPSA) is 51.2 Å². The van der Waals surface area contributed by atoms with E-state index in [-0.39, 0.29) is 17.9 Å². The molecule has 0 fully saturated rings. The number of carbonyl (C=O) groups is 1. The monoisotopic (exact) mass is 264 g/mol. The highest BCUT2D eigenvalue weighted by molar-refractivity contribution is 5.76. The lowest BCUT2D eigenvalue weighted by Gasteiger charge is -2.26. The van der Waals surface area contributed by atoms with Crippen LogP contribution in [0, 0.1) is 5.92 Å². The van der Waals surface area contributed by atoms with Crippen molar-refractivity contribution in [1.82, 2.24) is 10.3 Å². The van der Waals surface area contributed by atoms with Gasteiger partial charge in [-0.25, -0.2) is 0 Å². The van der Waals surface area contributed by atoms with Crippen LogP contribution in [0.5, 0.6) is 0 Å². The van der Waals surface area contributed by atoms with Crippen LogP contribution in [0.15, 0.2) is 24.5 Å². The number of esters is 1. The van der Waals surface area contributed by atoms with Gasteiger partial charge in [-0.15, -0.1) is 0 Å². The van der Waals surface area contributed by atoms with E-state index in [1.165, 1.54) is 0 Å². The minimum absolute atomic E-state index is 0.173. The van der Waals surface area contributed by atoms with Gasteiger partial charge in [0.05, 0.1) is 0 Å². The van der Waals surface area contributed by atoms with Gasteiger partial charge >= 0.3 is 5.97 Å². The van der Waals surface area contributed by atoms with Gasteiger partial charge < -0.3 is 10.1 Å². The van der Waals surface area contributed by atoms with Crippen molar-refractivity contribution in [2.75, 3.05) is 0 Å². The number of nitrogens with one attached hydrogen (secondary N) is 1. The number of rotatable bonds is 5. The summed E-state index contributed by atoms with van der Waals surface area (Å²) in [5, 5.41) is 3.24. The van der Waals surface area contributed by atoms with Crippen molar-refractivity contribution in [3.05, 3.63) is 30.1 Å².